The van der Waals surface area contributed by atoms with Crippen molar-refractivity contribution >= 4 is 18.2 Å². The third-order valence-corrected chi connectivity index (χ3v) is 1.19. The number of aliphatic imine (C=N–C) groups is 2. The topological polar surface area (TPSA) is 97.1 Å². The number of rotatable bonds is 0. The predicted molar refractivity (Wildman–Crippen MR) is 45.5 cm³/mol. The minimum absolute atomic E-state index is 0.240. The van der Waals surface area contributed by atoms with E-state index < -0.39 is 6.03 Å². The second-order valence-corrected chi connectivity index (χ2v) is 2.10. The molecule has 6 nitrogen and oxygen atoms in total. The van der Waals surface area contributed by atoms with Gasteiger partial charge in [-0.25, -0.2) is 4.79 Å². The maximum Gasteiger partial charge on any atom is 0.351 e. The van der Waals surface area contributed by atoms with E-state index in [1.807, 2.05) is 0 Å². The van der Waals surface area contributed by atoms with E-state index >= 15 is 0 Å². The first-order valence-corrected chi connectivity index (χ1v) is 3.28. The molecule has 0 unspecified atom stereocenters. The van der Waals surface area contributed by atoms with Gasteiger partial charge in [0, 0.05) is 18.6 Å². The van der Waals surface area contributed by atoms with Crippen molar-refractivity contribution in [2.45, 2.75) is 0 Å². The second kappa shape index (κ2) is 3.51. The van der Waals surface area contributed by atoms with E-state index in [0.717, 1.165) is 0 Å². The Morgan fingerprint density at radius 3 is 2.83 bits per heavy atom. The quantitative estimate of drug-likeness (QED) is 0.366. The van der Waals surface area contributed by atoms with Gasteiger partial charge < -0.3 is 11.5 Å². The summed E-state index contributed by atoms with van der Waals surface area (Å²) in [6, 6.07) is -0.489. The molecule has 12 heavy (non-hydrogen) atoms. The van der Waals surface area contributed by atoms with Gasteiger partial charge >= 0.3 is 6.03 Å². The minimum atomic E-state index is -0.489. The van der Waals surface area contributed by atoms with Crippen molar-refractivity contribution < 1.29 is 4.79 Å². The number of amides is 2. The molecule has 4 N–H and O–H groups in total. The number of hydrogen-bond donors (Lipinski definition) is 2. The Morgan fingerprint density at radius 1 is 1.58 bits per heavy atom. The van der Waals surface area contributed by atoms with Gasteiger partial charge in [-0.05, 0) is 0 Å². The van der Waals surface area contributed by atoms with E-state index in [1.165, 1.54) is 17.3 Å². The van der Waals surface area contributed by atoms with Crippen LogP contribution < -0.4 is 11.5 Å². The molecule has 0 aromatic carbocycles. The van der Waals surface area contributed by atoms with Crippen LogP contribution in [0.5, 0.6) is 0 Å². The molecule has 6 heteroatoms. The molecule has 1 aliphatic heterocycles. The van der Waals surface area contributed by atoms with Crippen LogP contribution in [0, 0.1) is 0 Å². The molecule has 0 spiro atoms. The fourth-order valence-corrected chi connectivity index (χ4v) is 0.692. The van der Waals surface area contributed by atoms with Crippen LogP contribution in [0.2, 0.25) is 0 Å². The van der Waals surface area contributed by atoms with Crippen LogP contribution in [-0.4, -0.2) is 29.6 Å². The van der Waals surface area contributed by atoms with Gasteiger partial charge in [0.1, 0.15) is 0 Å². The molecular formula is C6H9N5O. The highest BCUT2D eigenvalue weighted by Gasteiger charge is 2.09. The lowest BCUT2D eigenvalue weighted by molar-refractivity contribution is 0.229. The van der Waals surface area contributed by atoms with Crippen molar-refractivity contribution in [3.63, 3.8) is 0 Å². The highest BCUT2D eigenvalue weighted by atomic mass is 16.2. The molecule has 0 aromatic rings. The molecule has 2 amide bonds. The molecule has 64 valence electrons. The van der Waals surface area contributed by atoms with E-state index in [-0.39, 0.29) is 5.96 Å². The molecule has 0 saturated heterocycles. The third-order valence-electron chi connectivity index (χ3n) is 1.19. The lowest BCUT2D eigenvalue weighted by atomic mass is 10.5. The summed E-state index contributed by atoms with van der Waals surface area (Å²) in [6.45, 7) is 0.395. The van der Waals surface area contributed by atoms with E-state index in [1.54, 1.807) is 6.21 Å². The summed E-state index contributed by atoms with van der Waals surface area (Å²) in [7, 11) is 0. The van der Waals surface area contributed by atoms with E-state index in [9.17, 15) is 4.79 Å². The van der Waals surface area contributed by atoms with Crippen LogP contribution in [0.3, 0.4) is 0 Å². The summed E-state index contributed by atoms with van der Waals surface area (Å²) in [5.41, 5.74) is 10.0. The third kappa shape index (κ3) is 2.08. The predicted octanol–water partition coefficient (Wildman–Crippen LogP) is -0.763. The van der Waals surface area contributed by atoms with E-state index in [0.29, 0.717) is 6.54 Å². The molecule has 0 aliphatic carbocycles. The van der Waals surface area contributed by atoms with Crippen LogP contribution in [0.4, 0.5) is 4.79 Å². The summed E-state index contributed by atoms with van der Waals surface area (Å²) < 4.78 is 0. The molecule has 0 atom stereocenters. The largest absolute Gasteiger partial charge is 0.370 e. The molecular weight excluding hydrogens is 158 g/mol. The Labute approximate surface area is 69.3 Å². The smallest absolute Gasteiger partial charge is 0.351 e. The lowest BCUT2D eigenvalue weighted by Gasteiger charge is -2.14. The molecule has 0 bridgehead atoms. The molecule has 0 saturated carbocycles. The Hall–Kier alpha value is -1.85. The standard InChI is InChI=1S/C6H9N5O/c7-5(8)10-6(12)11-3-1-9-2-4-11/h1-3H,4H2,(H4,7,8,10,12). The number of carbonyl (C=O) groups is 1. The highest BCUT2D eigenvalue weighted by Crippen LogP contribution is 1.97. The second-order valence-electron chi connectivity index (χ2n) is 2.10. The Balaban J connectivity index is 2.60. The zero-order chi connectivity index (χ0) is 8.97. The van der Waals surface area contributed by atoms with Gasteiger partial charge in [0.05, 0.1) is 6.54 Å². The summed E-state index contributed by atoms with van der Waals surface area (Å²) >= 11 is 0. The molecule has 1 heterocycles. The number of nitrogens with two attached hydrogens (primary N) is 2. The van der Waals surface area contributed by atoms with Crippen molar-refractivity contribution in [3.05, 3.63) is 12.4 Å². The van der Waals surface area contributed by atoms with Crippen molar-refractivity contribution in [3.8, 4) is 0 Å². The highest BCUT2D eigenvalue weighted by molar-refractivity contribution is 5.92. The Kier molecular flexibility index (Phi) is 2.42. The molecule has 1 rings (SSSR count). The van der Waals surface area contributed by atoms with Crippen LogP contribution in [0.15, 0.2) is 22.4 Å². The van der Waals surface area contributed by atoms with E-state index in [2.05, 4.69) is 9.98 Å². The lowest BCUT2D eigenvalue weighted by Crippen LogP contribution is -2.31. The summed E-state index contributed by atoms with van der Waals surface area (Å²) in [5, 5.41) is 0. The normalized spacial score (nSPS) is 14.5. The van der Waals surface area contributed by atoms with Gasteiger partial charge in [0.15, 0.2) is 5.96 Å². The van der Waals surface area contributed by atoms with Crippen molar-refractivity contribution in [1.29, 1.82) is 0 Å². The fourth-order valence-electron chi connectivity index (χ4n) is 0.692. The van der Waals surface area contributed by atoms with E-state index in [4.69, 9.17) is 11.5 Å². The van der Waals surface area contributed by atoms with Crippen LogP contribution in [-0.2, 0) is 0 Å². The number of carbonyl (C=O) groups excluding carboxylic acids is 1. The monoisotopic (exact) mass is 167 g/mol. The zero-order valence-corrected chi connectivity index (χ0v) is 6.34. The first-order valence-electron chi connectivity index (χ1n) is 3.28. The van der Waals surface area contributed by atoms with Crippen molar-refractivity contribution in [1.82, 2.24) is 4.90 Å². The SMILES string of the molecule is NC(N)=NC(=O)N1C=CN=CC1. The van der Waals surface area contributed by atoms with Gasteiger partial charge in [-0.3, -0.25) is 9.89 Å². The summed E-state index contributed by atoms with van der Waals surface area (Å²) in [5.74, 6) is -0.240. The van der Waals surface area contributed by atoms with Gasteiger partial charge in [-0.2, -0.15) is 4.99 Å². The van der Waals surface area contributed by atoms with Crippen LogP contribution >= 0.6 is 0 Å². The van der Waals surface area contributed by atoms with Crippen molar-refractivity contribution in [2.24, 2.45) is 21.5 Å². The minimum Gasteiger partial charge on any atom is -0.370 e. The summed E-state index contributed by atoms with van der Waals surface area (Å²) in [6.07, 6.45) is 4.58. The van der Waals surface area contributed by atoms with Gasteiger partial charge in [-0.15, -0.1) is 0 Å². The molecule has 0 aromatic heterocycles. The van der Waals surface area contributed by atoms with Crippen molar-refractivity contribution in [2.75, 3.05) is 6.54 Å². The van der Waals surface area contributed by atoms with Crippen LogP contribution in [0.1, 0.15) is 0 Å². The number of hydrogen-bond acceptors (Lipinski definition) is 2. The van der Waals surface area contributed by atoms with Gasteiger partial charge in [0.2, 0.25) is 0 Å². The first-order chi connectivity index (χ1) is 5.70. The zero-order valence-electron chi connectivity index (χ0n) is 6.34. The molecule has 0 fully saturated rings. The average Bonchev–Trinajstić information content (AvgIpc) is 2.05. The number of urea groups is 1. The maximum atomic E-state index is 11.1. The maximum absolute atomic E-state index is 11.1. The summed E-state index contributed by atoms with van der Waals surface area (Å²) in [4.78, 5) is 19.5. The van der Waals surface area contributed by atoms with Crippen LogP contribution in [0.25, 0.3) is 0 Å². The Bertz CT molecular complexity index is 263. The van der Waals surface area contributed by atoms with Gasteiger partial charge in [-0.1, -0.05) is 0 Å². The Morgan fingerprint density at radius 2 is 2.33 bits per heavy atom. The average molecular weight is 167 g/mol. The fraction of sp³-hybridized carbons (Fsp3) is 0.167. The molecule has 0 radical (unpaired) electrons. The number of guanidine groups is 1. The first kappa shape index (κ1) is 8.25. The molecule has 1 aliphatic rings. The number of nitrogens with zero attached hydrogens (tertiary/aromatic N) is 3. The van der Waals surface area contributed by atoms with Gasteiger partial charge in [0.25, 0.3) is 0 Å².